The first-order valence-corrected chi connectivity index (χ1v) is 9.07. The van der Waals surface area contributed by atoms with Gasteiger partial charge in [0.05, 0.1) is 11.3 Å². The van der Waals surface area contributed by atoms with Gasteiger partial charge in [-0.15, -0.1) is 0 Å². The number of fused-ring (bicyclic) bond motifs is 3. The fourth-order valence-electron chi connectivity index (χ4n) is 3.80. The van der Waals surface area contributed by atoms with Gasteiger partial charge < -0.3 is 25.0 Å². The van der Waals surface area contributed by atoms with E-state index in [-0.39, 0.29) is 24.5 Å². The van der Waals surface area contributed by atoms with Gasteiger partial charge in [0.25, 0.3) is 11.8 Å². The summed E-state index contributed by atoms with van der Waals surface area (Å²) in [5.41, 5.74) is 1.73. The minimum absolute atomic E-state index is 0.135. The highest BCUT2D eigenvalue weighted by Crippen LogP contribution is 2.33. The van der Waals surface area contributed by atoms with Gasteiger partial charge >= 0.3 is 0 Å². The molecule has 2 N–H and O–H groups in total. The van der Waals surface area contributed by atoms with E-state index in [1.165, 1.54) is 0 Å². The van der Waals surface area contributed by atoms with Crippen molar-refractivity contribution in [2.24, 2.45) is 0 Å². The van der Waals surface area contributed by atoms with Gasteiger partial charge in [0.2, 0.25) is 12.7 Å². The second-order valence-corrected chi connectivity index (χ2v) is 6.93. The summed E-state index contributed by atoms with van der Waals surface area (Å²) in [6.45, 7) is 0.695. The topological polar surface area (TPSA) is 97.0 Å². The van der Waals surface area contributed by atoms with Crippen LogP contribution in [0.15, 0.2) is 36.4 Å². The van der Waals surface area contributed by atoms with Gasteiger partial charge in [-0.2, -0.15) is 0 Å². The van der Waals surface area contributed by atoms with E-state index in [0.29, 0.717) is 47.0 Å². The SMILES string of the molecule is O=C(Nc1ccc2c(c1)C(=O)N1CCC[C@H]1C(=O)N2)c1ccc2c(c1)OCO2. The molecule has 28 heavy (non-hydrogen) atoms. The van der Waals surface area contributed by atoms with E-state index < -0.39 is 6.04 Å². The number of carbonyl (C=O) groups is 3. The Morgan fingerprint density at radius 3 is 2.86 bits per heavy atom. The van der Waals surface area contributed by atoms with Crippen molar-refractivity contribution in [1.29, 1.82) is 0 Å². The van der Waals surface area contributed by atoms with Gasteiger partial charge in [-0.05, 0) is 49.2 Å². The molecule has 0 aliphatic carbocycles. The van der Waals surface area contributed by atoms with Gasteiger partial charge in [-0.3, -0.25) is 14.4 Å². The smallest absolute Gasteiger partial charge is 0.256 e. The Morgan fingerprint density at radius 1 is 1.11 bits per heavy atom. The molecule has 3 amide bonds. The Morgan fingerprint density at radius 2 is 1.96 bits per heavy atom. The molecule has 3 aliphatic rings. The number of nitrogens with one attached hydrogen (secondary N) is 2. The van der Waals surface area contributed by atoms with E-state index in [1.54, 1.807) is 41.3 Å². The van der Waals surface area contributed by atoms with Crippen molar-refractivity contribution in [2.75, 3.05) is 24.0 Å². The van der Waals surface area contributed by atoms with E-state index in [1.807, 2.05) is 0 Å². The van der Waals surface area contributed by atoms with Crippen LogP contribution in [0.2, 0.25) is 0 Å². The Kier molecular flexibility index (Phi) is 3.71. The summed E-state index contributed by atoms with van der Waals surface area (Å²) in [6, 6.07) is 9.42. The lowest BCUT2D eigenvalue weighted by Crippen LogP contribution is -2.40. The molecule has 1 fully saturated rings. The Labute approximate surface area is 160 Å². The highest BCUT2D eigenvalue weighted by molar-refractivity contribution is 6.11. The molecule has 8 nitrogen and oxygen atoms in total. The van der Waals surface area contributed by atoms with Crippen LogP contribution in [0.4, 0.5) is 11.4 Å². The molecule has 0 bridgehead atoms. The van der Waals surface area contributed by atoms with Crippen LogP contribution in [0.3, 0.4) is 0 Å². The van der Waals surface area contributed by atoms with Crippen molar-refractivity contribution in [3.05, 3.63) is 47.5 Å². The first kappa shape index (κ1) is 16.6. The van der Waals surface area contributed by atoms with Crippen molar-refractivity contribution in [3.63, 3.8) is 0 Å². The summed E-state index contributed by atoms with van der Waals surface area (Å²) in [6.07, 6.45) is 1.47. The van der Waals surface area contributed by atoms with Gasteiger partial charge in [0, 0.05) is 17.8 Å². The lowest BCUT2D eigenvalue weighted by Gasteiger charge is -2.20. The van der Waals surface area contributed by atoms with Crippen LogP contribution in [0.25, 0.3) is 0 Å². The number of rotatable bonds is 2. The monoisotopic (exact) mass is 379 g/mol. The van der Waals surface area contributed by atoms with Crippen LogP contribution in [-0.2, 0) is 4.79 Å². The zero-order chi connectivity index (χ0) is 19.3. The van der Waals surface area contributed by atoms with Crippen LogP contribution in [0.5, 0.6) is 11.5 Å². The van der Waals surface area contributed by atoms with Crippen molar-refractivity contribution in [3.8, 4) is 11.5 Å². The van der Waals surface area contributed by atoms with Gasteiger partial charge in [-0.1, -0.05) is 0 Å². The van der Waals surface area contributed by atoms with Crippen molar-refractivity contribution in [2.45, 2.75) is 18.9 Å². The zero-order valence-corrected chi connectivity index (χ0v) is 14.9. The minimum Gasteiger partial charge on any atom is -0.454 e. The summed E-state index contributed by atoms with van der Waals surface area (Å²) in [5.74, 6) is 0.426. The van der Waals surface area contributed by atoms with Crippen LogP contribution >= 0.6 is 0 Å². The number of ether oxygens (including phenoxy) is 2. The van der Waals surface area contributed by atoms with E-state index in [4.69, 9.17) is 9.47 Å². The Hall–Kier alpha value is -3.55. The molecule has 0 saturated carbocycles. The fraction of sp³-hybridized carbons (Fsp3) is 0.250. The second-order valence-electron chi connectivity index (χ2n) is 6.93. The number of hydrogen-bond donors (Lipinski definition) is 2. The van der Waals surface area contributed by atoms with E-state index >= 15 is 0 Å². The number of benzene rings is 2. The molecule has 5 rings (SSSR count). The molecular weight excluding hydrogens is 362 g/mol. The number of amides is 3. The van der Waals surface area contributed by atoms with E-state index in [2.05, 4.69) is 10.6 Å². The highest BCUT2D eigenvalue weighted by atomic mass is 16.7. The van der Waals surface area contributed by atoms with E-state index in [9.17, 15) is 14.4 Å². The molecule has 2 aromatic carbocycles. The molecule has 1 atom stereocenters. The quantitative estimate of drug-likeness (QED) is 0.834. The normalized spacial score (nSPS) is 19.6. The zero-order valence-electron chi connectivity index (χ0n) is 14.9. The number of anilines is 2. The lowest BCUT2D eigenvalue weighted by molar-refractivity contribution is -0.119. The largest absolute Gasteiger partial charge is 0.454 e. The van der Waals surface area contributed by atoms with Crippen molar-refractivity contribution in [1.82, 2.24) is 4.90 Å². The molecule has 0 aromatic heterocycles. The molecule has 0 spiro atoms. The molecule has 8 heteroatoms. The average molecular weight is 379 g/mol. The Balaban J connectivity index is 1.42. The molecule has 0 unspecified atom stereocenters. The third-order valence-corrected chi connectivity index (χ3v) is 5.22. The van der Waals surface area contributed by atoms with Gasteiger partial charge in [0.15, 0.2) is 11.5 Å². The number of hydrogen-bond acceptors (Lipinski definition) is 5. The van der Waals surface area contributed by atoms with Gasteiger partial charge in [-0.25, -0.2) is 0 Å². The highest BCUT2D eigenvalue weighted by Gasteiger charge is 2.38. The maximum absolute atomic E-state index is 12.9. The molecule has 142 valence electrons. The average Bonchev–Trinajstić information content (AvgIpc) is 3.35. The number of carbonyl (C=O) groups excluding carboxylic acids is 3. The van der Waals surface area contributed by atoms with Crippen LogP contribution < -0.4 is 20.1 Å². The molecule has 2 aromatic rings. The van der Waals surface area contributed by atoms with Gasteiger partial charge in [0.1, 0.15) is 6.04 Å². The Bertz CT molecular complexity index is 1020. The van der Waals surface area contributed by atoms with Crippen molar-refractivity contribution < 1.29 is 23.9 Å². The summed E-state index contributed by atoms with van der Waals surface area (Å²) in [5, 5.41) is 5.61. The number of nitrogens with zero attached hydrogens (tertiary/aromatic N) is 1. The molecule has 3 aliphatic heterocycles. The molecule has 0 radical (unpaired) electrons. The maximum Gasteiger partial charge on any atom is 0.256 e. The molecular formula is C20H17N3O5. The molecule has 3 heterocycles. The predicted molar refractivity (Wildman–Crippen MR) is 99.6 cm³/mol. The van der Waals surface area contributed by atoms with Crippen LogP contribution in [-0.4, -0.2) is 42.0 Å². The maximum atomic E-state index is 12.9. The standard InChI is InChI=1S/C20H17N3O5/c24-18(11-3-6-16-17(8-11)28-10-27-16)21-12-4-5-14-13(9-12)20(26)23-7-1-2-15(23)19(25)22-14/h3-6,8-9,15H,1-2,7,10H2,(H,21,24)(H,22,25)/t15-/m0/s1. The summed E-state index contributed by atoms with van der Waals surface area (Å²) in [7, 11) is 0. The van der Waals surface area contributed by atoms with Crippen molar-refractivity contribution >= 4 is 29.1 Å². The second kappa shape index (κ2) is 6.26. The first-order chi connectivity index (χ1) is 13.6. The van der Waals surface area contributed by atoms with Crippen LogP contribution in [0, 0.1) is 0 Å². The third kappa shape index (κ3) is 2.65. The summed E-state index contributed by atoms with van der Waals surface area (Å²) < 4.78 is 10.5. The summed E-state index contributed by atoms with van der Waals surface area (Å²) >= 11 is 0. The lowest BCUT2D eigenvalue weighted by atomic mass is 10.1. The third-order valence-electron chi connectivity index (χ3n) is 5.22. The molecule has 1 saturated heterocycles. The predicted octanol–water partition coefficient (Wildman–Crippen LogP) is 2.22. The van der Waals surface area contributed by atoms with Crippen LogP contribution in [0.1, 0.15) is 33.6 Å². The fourth-order valence-corrected chi connectivity index (χ4v) is 3.80. The minimum atomic E-state index is -0.424. The van der Waals surface area contributed by atoms with E-state index in [0.717, 1.165) is 6.42 Å². The summed E-state index contributed by atoms with van der Waals surface area (Å²) in [4.78, 5) is 39.4. The first-order valence-electron chi connectivity index (χ1n) is 9.07.